The molecule has 0 aliphatic heterocycles. The lowest BCUT2D eigenvalue weighted by molar-refractivity contribution is -0.435. The van der Waals surface area contributed by atoms with Crippen molar-refractivity contribution in [3.05, 3.63) is 112 Å². The zero-order valence-electron chi connectivity index (χ0n) is 15.2. The van der Waals surface area contributed by atoms with Crippen LogP contribution in [0.2, 0.25) is 0 Å². The van der Waals surface area contributed by atoms with Crippen LogP contribution in [0.1, 0.15) is 24.0 Å². The normalized spacial score (nSPS) is 11.7. The largest absolute Gasteiger partial charge is 0.269 e. The van der Waals surface area contributed by atoms with Gasteiger partial charge in [0, 0.05) is 49.3 Å². The molecule has 2 aromatic carbocycles. The summed E-state index contributed by atoms with van der Waals surface area (Å²) in [7, 11) is 0. The summed E-state index contributed by atoms with van der Waals surface area (Å²) in [5.41, 5.74) is -0.267. The number of non-ortho nitro benzene ring substituents is 2. The van der Waals surface area contributed by atoms with Crippen molar-refractivity contribution in [2.75, 3.05) is 0 Å². The fraction of sp³-hybridized carbons (Fsp3) is 0.111. The third-order valence-electron chi connectivity index (χ3n) is 3.98. The molecule has 0 aromatic heterocycles. The van der Waals surface area contributed by atoms with Crippen LogP contribution in [0.25, 0.3) is 12.2 Å². The van der Waals surface area contributed by atoms with E-state index in [1.807, 2.05) is 0 Å². The number of hydrogen-bond acceptors (Lipinski definition) is 8. The first kappa shape index (κ1) is 21.8. The minimum absolute atomic E-state index is 0.170. The summed E-state index contributed by atoms with van der Waals surface area (Å²) in [5.74, 6) is 0. The third-order valence-corrected chi connectivity index (χ3v) is 3.98. The van der Waals surface area contributed by atoms with Crippen LogP contribution < -0.4 is 0 Å². The molecule has 0 amide bonds. The fourth-order valence-electron chi connectivity index (χ4n) is 2.46. The fourth-order valence-corrected chi connectivity index (χ4v) is 2.46. The zero-order valence-corrected chi connectivity index (χ0v) is 15.2. The van der Waals surface area contributed by atoms with Gasteiger partial charge in [-0.2, -0.15) is 0 Å². The number of nitro benzene ring substituents is 2. The van der Waals surface area contributed by atoms with E-state index in [1.54, 1.807) is 0 Å². The van der Waals surface area contributed by atoms with Crippen LogP contribution >= 0.6 is 0 Å². The van der Waals surface area contributed by atoms with Crippen molar-refractivity contribution >= 4 is 23.5 Å². The molecule has 30 heavy (non-hydrogen) atoms. The van der Waals surface area contributed by atoms with E-state index in [-0.39, 0.29) is 35.6 Å². The van der Waals surface area contributed by atoms with E-state index in [1.165, 1.54) is 60.7 Å². The maximum Gasteiger partial charge on any atom is 0.269 e. The van der Waals surface area contributed by atoms with Crippen molar-refractivity contribution in [1.82, 2.24) is 0 Å². The van der Waals surface area contributed by atoms with E-state index in [9.17, 15) is 40.5 Å². The van der Waals surface area contributed by atoms with Crippen molar-refractivity contribution in [2.45, 2.75) is 12.8 Å². The first-order valence-corrected chi connectivity index (χ1v) is 8.36. The summed E-state index contributed by atoms with van der Waals surface area (Å²) in [4.78, 5) is 41.4. The van der Waals surface area contributed by atoms with Gasteiger partial charge in [0.1, 0.15) is 0 Å². The van der Waals surface area contributed by atoms with Gasteiger partial charge < -0.3 is 0 Å². The molecule has 0 unspecified atom stereocenters. The number of benzene rings is 2. The number of allylic oxidation sites excluding steroid dienone is 2. The lowest BCUT2D eigenvalue weighted by Crippen LogP contribution is -2.04. The molecule has 0 fully saturated rings. The predicted molar refractivity (Wildman–Crippen MR) is 105 cm³/mol. The highest BCUT2D eigenvalue weighted by Crippen LogP contribution is 2.21. The summed E-state index contributed by atoms with van der Waals surface area (Å²) >= 11 is 0. The molecule has 0 saturated carbocycles. The Morgan fingerprint density at radius 1 is 0.600 bits per heavy atom. The maximum absolute atomic E-state index is 11.3. The Kier molecular flexibility index (Phi) is 7.01. The molecule has 0 radical (unpaired) electrons. The Balaban J connectivity index is 2.20. The second-order valence-electron chi connectivity index (χ2n) is 5.98. The highest BCUT2D eigenvalue weighted by atomic mass is 16.6. The van der Waals surface area contributed by atoms with Crippen LogP contribution in [-0.4, -0.2) is 19.7 Å². The van der Waals surface area contributed by atoms with Gasteiger partial charge in [0.25, 0.3) is 11.4 Å². The van der Waals surface area contributed by atoms with Crippen molar-refractivity contribution < 1.29 is 19.7 Å². The van der Waals surface area contributed by atoms with Gasteiger partial charge in [-0.05, 0) is 35.4 Å². The molecule has 0 spiro atoms. The Morgan fingerprint density at radius 2 is 0.900 bits per heavy atom. The molecule has 2 rings (SSSR count). The van der Waals surface area contributed by atoms with Crippen molar-refractivity contribution in [3.8, 4) is 0 Å². The highest BCUT2D eigenvalue weighted by molar-refractivity contribution is 5.55. The molecular formula is C18H14N4O8. The molecule has 154 valence electrons. The van der Waals surface area contributed by atoms with Crippen molar-refractivity contribution in [1.29, 1.82) is 0 Å². The molecule has 0 bridgehead atoms. The SMILES string of the molecule is O=[N+]([O-])/C(=C\c1ccc([N+](=O)[O-])cc1)CC/C(=C/c1ccc([N+](=O)[O-])cc1)[N+](=O)[O-]. The Labute approximate surface area is 168 Å². The lowest BCUT2D eigenvalue weighted by Gasteiger charge is -2.01. The van der Waals surface area contributed by atoms with Gasteiger partial charge in [0.15, 0.2) is 0 Å². The summed E-state index contributed by atoms with van der Waals surface area (Å²) in [6, 6.07) is 10.1. The number of rotatable bonds is 9. The smallest absolute Gasteiger partial charge is 0.259 e. The first-order chi connectivity index (χ1) is 14.2. The second kappa shape index (κ2) is 9.64. The molecular weight excluding hydrogens is 400 g/mol. The topological polar surface area (TPSA) is 173 Å². The van der Waals surface area contributed by atoms with Gasteiger partial charge in [-0.1, -0.05) is 0 Å². The first-order valence-electron chi connectivity index (χ1n) is 8.36. The molecule has 0 N–H and O–H groups in total. The average Bonchev–Trinajstić information content (AvgIpc) is 2.70. The van der Waals surface area contributed by atoms with Gasteiger partial charge in [0.05, 0.1) is 19.7 Å². The van der Waals surface area contributed by atoms with Crippen LogP contribution in [-0.2, 0) is 0 Å². The Bertz CT molecular complexity index is 957. The monoisotopic (exact) mass is 414 g/mol. The van der Waals surface area contributed by atoms with Gasteiger partial charge in [-0.25, -0.2) is 0 Å². The highest BCUT2D eigenvalue weighted by Gasteiger charge is 2.18. The van der Waals surface area contributed by atoms with Crippen molar-refractivity contribution in [3.63, 3.8) is 0 Å². The molecule has 0 aliphatic carbocycles. The zero-order chi connectivity index (χ0) is 22.3. The van der Waals surface area contributed by atoms with Gasteiger partial charge in [-0.15, -0.1) is 0 Å². The minimum atomic E-state index is -0.676. The molecule has 12 nitrogen and oxygen atoms in total. The van der Waals surface area contributed by atoms with Crippen LogP contribution in [0, 0.1) is 40.5 Å². The molecule has 2 aromatic rings. The van der Waals surface area contributed by atoms with Gasteiger partial charge >= 0.3 is 0 Å². The quantitative estimate of drug-likeness (QED) is 0.433. The molecule has 0 atom stereocenters. The summed E-state index contributed by atoms with van der Waals surface area (Å²) in [6.45, 7) is 0. The summed E-state index contributed by atoms with van der Waals surface area (Å²) in [5, 5.41) is 43.9. The van der Waals surface area contributed by atoms with Crippen LogP contribution in [0.3, 0.4) is 0 Å². The maximum atomic E-state index is 11.3. The van der Waals surface area contributed by atoms with Crippen LogP contribution in [0.15, 0.2) is 59.9 Å². The Hall–Kier alpha value is -4.48. The van der Waals surface area contributed by atoms with Gasteiger partial charge in [0.2, 0.25) is 11.4 Å². The van der Waals surface area contributed by atoms with Crippen LogP contribution in [0.4, 0.5) is 11.4 Å². The molecule has 0 aliphatic rings. The van der Waals surface area contributed by atoms with E-state index in [2.05, 4.69) is 0 Å². The van der Waals surface area contributed by atoms with E-state index >= 15 is 0 Å². The number of nitrogens with zero attached hydrogens (tertiary/aromatic N) is 4. The summed E-state index contributed by atoms with van der Waals surface area (Å²) in [6.07, 6.45) is 1.86. The molecule has 0 heterocycles. The van der Waals surface area contributed by atoms with Crippen LogP contribution in [0.5, 0.6) is 0 Å². The van der Waals surface area contributed by atoms with E-state index in [0.29, 0.717) is 11.1 Å². The third kappa shape index (κ3) is 6.02. The van der Waals surface area contributed by atoms with E-state index in [4.69, 9.17) is 0 Å². The Morgan fingerprint density at radius 3 is 1.13 bits per heavy atom. The molecule has 0 saturated heterocycles. The molecule has 12 heteroatoms. The second-order valence-corrected chi connectivity index (χ2v) is 5.98. The van der Waals surface area contributed by atoms with E-state index < -0.39 is 19.7 Å². The summed E-state index contributed by atoms with van der Waals surface area (Å²) < 4.78 is 0. The standard InChI is InChI=1S/C18H14N4O8/c23-19(24)15-5-1-13(2-6-15)11-17(21(27)28)9-10-18(22(29)30)12-14-3-7-16(8-4-14)20(25)26/h1-8,11-12H,9-10H2/b17-11-,18-12-. The average molecular weight is 414 g/mol. The lowest BCUT2D eigenvalue weighted by atomic mass is 10.1. The number of nitro groups is 4. The van der Waals surface area contributed by atoms with Crippen molar-refractivity contribution in [2.24, 2.45) is 0 Å². The van der Waals surface area contributed by atoms with Gasteiger partial charge in [-0.3, -0.25) is 40.5 Å². The minimum Gasteiger partial charge on any atom is -0.259 e. The predicted octanol–water partition coefficient (Wildman–Crippen LogP) is 4.22. The number of hydrogen-bond donors (Lipinski definition) is 0. The van der Waals surface area contributed by atoms with E-state index in [0.717, 1.165) is 0 Å².